The van der Waals surface area contributed by atoms with Crippen LogP contribution in [0.25, 0.3) is 11.3 Å². The minimum absolute atomic E-state index is 0.296. The van der Waals surface area contributed by atoms with E-state index in [1.54, 1.807) is 17.4 Å². The molecule has 3 rings (SSSR count). The molecule has 0 radical (unpaired) electrons. The molecule has 0 unspecified atom stereocenters. The van der Waals surface area contributed by atoms with E-state index in [2.05, 4.69) is 10.3 Å². The molecule has 0 spiro atoms. The Labute approximate surface area is 138 Å². The lowest BCUT2D eigenvalue weighted by Crippen LogP contribution is -2.04. The van der Waals surface area contributed by atoms with Crippen molar-refractivity contribution in [3.05, 3.63) is 70.3 Å². The summed E-state index contributed by atoms with van der Waals surface area (Å²) in [4.78, 5) is 4.54. The summed E-state index contributed by atoms with van der Waals surface area (Å²) in [5, 5.41) is 5.95. The van der Waals surface area contributed by atoms with Crippen LogP contribution in [0.5, 0.6) is 5.75 Å². The third kappa shape index (κ3) is 3.94. The van der Waals surface area contributed by atoms with Gasteiger partial charge >= 0.3 is 0 Å². The Hall–Kier alpha value is -2.24. The third-order valence-corrected chi connectivity index (χ3v) is 4.18. The largest absolute Gasteiger partial charge is 0.488 e. The highest BCUT2D eigenvalue weighted by atomic mass is 32.1. The number of rotatable bonds is 6. The Morgan fingerprint density at radius 2 is 2.00 bits per heavy atom. The number of hydrogen-bond acceptors (Lipinski definition) is 4. The minimum atomic E-state index is -0.296. The van der Waals surface area contributed by atoms with E-state index in [9.17, 15) is 4.39 Å². The number of benzene rings is 2. The molecule has 1 N–H and O–H groups in total. The zero-order chi connectivity index (χ0) is 16.1. The van der Waals surface area contributed by atoms with E-state index in [0.29, 0.717) is 24.5 Å². The molecule has 5 heteroatoms. The molecule has 0 saturated heterocycles. The van der Waals surface area contributed by atoms with Gasteiger partial charge in [0, 0.05) is 17.5 Å². The van der Waals surface area contributed by atoms with Crippen molar-refractivity contribution in [2.24, 2.45) is 0 Å². The first-order valence-corrected chi connectivity index (χ1v) is 8.20. The van der Waals surface area contributed by atoms with Crippen molar-refractivity contribution in [1.29, 1.82) is 0 Å². The maximum absolute atomic E-state index is 13.7. The minimum Gasteiger partial charge on any atom is -0.488 e. The number of thiazole rings is 1. The van der Waals surface area contributed by atoms with Crippen LogP contribution in [0.3, 0.4) is 0 Å². The number of hydrogen-bond donors (Lipinski definition) is 1. The SMILES string of the molecule is CNCc1nc(-c2cc(F)ccc2OCc2ccccc2)cs1. The molecule has 0 aliphatic heterocycles. The lowest BCUT2D eigenvalue weighted by atomic mass is 10.1. The Morgan fingerprint density at radius 3 is 2.78 bits per heavy atom. The maximum Gasteiger partial charge on any atom is 0.129 e. The molecule has 23 heavy (non-hydrogen) atoms. The third-order valence-electron chi connectivity index (χ3n) is 3.33. The molecule has 0 atom stereocenters. The summed E-state index contributed by atoms with van der Waals surface area (Å²) in [6.45, 7) is 1.13. The highest BCUT2D eigenvalue weighted by Crippen LogP contribution is 2.32. The predicted molar refractivity (Wildman–Crippen MR) is 91.0 cm³/mol. The number of halogens is 1. The highest BCUT2D eigenvalue weighted by Gasteiger charge is 2.12. The quantitative estimate of drug-likeness (QED) is 0.734. The number of aromatic nitrogens is 1. The van der Waals surface area contributed by atoms with E-state index < -0.39 is 0 Å². The standard InChI is InChI=1S/C18H17FN2OS/c1-20-10-18-21-16(12-23-18)15-9-14(19)7-8-17(15)22-11-13-5-3-2-4-6-13/h2-9,12,20H,10-11H2,1H3. The van der Waals surface area contributed by atoms with Crippen molar-refractivity contribution < 1.29 is 9.13 Å². The molecule has 2 aromatic carbocycles. The van der Waals surface area contributed by atoms with Crippen molar-refractivity contribution in [2.45, 2.75) is 13.2 Å². The van der Waals surface area contributed by atoms with Crippen LogP contribution in [0.15, 0.2) is 53.9 Å². The van der Waals surface area contributed by atoms with E-state index in [4.69, 9.17) is 4.74 Å². The molecule has 3 nitrogen and oxygen atoms in total. The summed E-state index contributed by atoms with van der Waals surface area (Å²) in [5.41, 5.74) is 2.49. The molecular formula is C18H17FN2OS. The second kappa shape index (κ2) is 7.35. The lowest BCUT2D eigenvalue weighted by molar-refractivity contribution is 0.307. The normalized spacial score (nSPS) is 10.7. The first-order chi connectivity index (χ1) is 11.3. The van der Waals surface area contributed by atoms with Gasteiger partial charge in [0.15, 0.2) is 0 Å². The van der Waals surface area contributed by atoms with Gasteiger partial charge in [0.05, 0.1) is 5.69 Å². The first-order valence-electron chi connectivity index (χ1n) is 7.32. The Kier molecular flexibility index (Phi) is 5.00. The second-order valence-corrected chi connectivity index (χ2v) is 6.01. The molecule has 1 heterocycles. The van der Waals surface area contributed by atoms with Crippen molar-refractivity contribution >= 4 is 11.3 Å². The van der Waals surface area contributed by atoms with Crippen LogP contribution in [0.2, 0.25) is 0 Å². The van der Waals surface area contributed by atoms with Gasteiger partial charge in [-0.3, -0.25) is 0 Å². The van der Waals surface area contributed by atoms with Crippen LogP contribution in [0.4, 0.5) is 4.39 Å². The van der Waals surface area contributed by atoms with Crippen LogP contribution in [-0.2, 0) is 13.2 Å². The van der Waals surface area contributed by atoms with Gasteiger partial charge in [-0.15, -0.1) is 11.3 Å². The van der Waals surface area contributed by atoms with Crippen LogP contribution < -0.4 is 10.1 Å². The number of ether oxygens (including phenoxy) is 1. The van der Waals surface area contributed by atoms with Crippen molar-refractivity contribution in [2.75, 3.05) is 7.05 Å². The first kappa shape index (κ1) is 15.6. The summed E-state index contributed by atoms with van der Waals surface area (Å²) in [6, 6.07) is 14.4. The van der Waals surface area contributed by atoms with Crippen molar-refractivity contribution in [3.63, 3.8) is 0 Å². The number of nitrogens with zero attached hydrogens (tertiary/aromatic N) is 1. The molecule has 0 fully saturated rings. The van der Waals surface area contributed by atoms with Gasteiger partial charge in [0.25, 0.3) is 0 Å². The molecule has 0 saturated carbocycles. The van der Waals surface area contributed by atoms with Crippen molar-refractivity contribution in [3.8, 4) is 17.0 Å². The molecule has 0 aliphatic carbocycles. The van der Waals surface area contributed by atoms with E-state index in [0.717, 1.165) is 16.3 Å². The van der Waals surface area contributed by atoms with Gasteiger partial charge in [0.2, 0.25) is 0 Å². The zero-order valence-electron chi connectivity index (χ0n) is 12.8. The molecule has 1 aromatic heterocycles. The molecule has 0 aliphatic rings. The van der Waals surface area contributed by atoms with Gasteiger partial charge in [-0.25, -0.2) is 9.37 Å². The fourth-order valence-corrected chi connectivity index (χ4v) is 3.04. The summed E-state index contributed by atoms with van der Waals surface area (Å²) in [7, 11) is 1.87. The van der Waals surface area contributed by atoms with E-state index in [-0.39, 0.29) is 5.82 Å². The summed E-state index contributed by atoms with van der Waals surface area (Å²) >= 11 is 1.55. The molecular weight excluding hydrogens is 311 g/mol. The van der Waals surface area contributed by atoms with Gasteiger partial charge in [-0.1, -0.05) is 30.3 Å². The fraction of sp³-hybridized carbons (Fsp3) is 0.167. The van der Waals surface area contributed by atoms with Gasteiger partial charge < -0.3 is 10.1 Å². The maximum atomic E-state index is 13.7. The molecule has 3 aromatic rings. The van der Waals surface area contributed by atoms with Crippen LogP contribution in [0.1, 0.15) is 10.6 Å². The average molecular weight is 328 g/mol. The average Bonchev–Trinajstić information content (AvgIpc) is 3.03. The summed E-state index contributed by atoms with van der Waals surface area (Å²) in [5.74, 6) is 0.340. The van der Waals surface area contributed by atoms with E-state index in [1.807, 2.05) is 42.8 Å². The monoisotopic (exact) mass is 328 g/mol. The molecule has 0 bridgehead atoms. The van der Waals surface area contributed by atoms with Gasteiger partial charge in [-0.2, -0.15) is 0 Å². The predicted octanol–water partition coefficient (Wildman–Crippen LogP) is 4.25. The highest BCUT2D eigenvalue weighted by molar-refractivity contribution is 7.09. The summed E-state index contributed by atoms with van der Waals surface area (Å²) < 4.78 is 19.5. The van der Waals surface area contributed by atoms with Gasteiger partial charge in [0.1, 0.15) is 23.2 Å². The Bertz CT molecular complexity index is 774. The zero-order valence-corrected chi connectivity index (χ0v) is 13.6. The van der Waals surface area contributed by atoms with Crippen LogP contribution in [-0.4, -0.2) is 12.0 Å². The Balaban J connectivity index is 1.85. The smallest absolute Gasteiger partial charge is 0.129 e. The van der Waals surface area contributed by atoms with Crippen LogP contribution >= 0.6 is 11.3 Å². The fourth-order valence-electron chi connectivity index (χ4n) is 2.23. The van der Waals surface area contributed by atoms with E-state index in [1.165, 1.54) is 12.1 Å². The lowest BCUT2D eigenvalue weighted by Gasteiger charge is -2.10. The van der Waals surface area contributed by atoms with E-state index >= 15 is 0 Å². The van der Waals surface area contributed by atoms with Gasteiger partial charge in [-0.05, 0) is 30.8 Å². The summed E-state index contributed by atoms with van der Waals surface area (Å²) in [6.07, 6.45) is 0. The molecule has 118 valence electrons. The van der Waals surface area contributed by atoms with Crippen molar-refractivity contribution in [1.82, 2.24) is 10.3 Å². The second-order valence-electron chi connectivity index (χ2n) is 5.07. The topological polar surface area (TPSA) is 34.2 Å². The molecule has 0 amide bonds. The van der Waals surface area contributed by atoms with Crippen LogP contribution in [0, 0.1) is 5.82 Å². The Morgan fingerprint density at radius 1 is 1.17 bits per heavy atom. The number of nitrogens with one attached hydrogen (secondary N) is 1.